The number of alkyl halides is 3. The maximum absolute atomic E-state index is 12.8. The highest BCUT2D eigenvalue weighted by atomic mass is 19.4. The molecule has 0 saturated carbocycles. The molecule has 1 heterocycles. The van der Waals surface area contributed by atoms with Crippen LogP contribution >= 0.6 is 0 Å². The Morgan fingerprint density at radius 2 is 1.48 bits per heavy atom. The van der Waals surface area contributed by atoms with Crippen LogP contribution in [0.4, 0.5) is 13.2 Å². The molecule has 0 bridgehead atoms. The van der Waals surface area contributed by atoms with Gasteiger partial charge in [-0.1, -0.05) is 60.7 Å². The summed E-state index contributed by atoms with van der Waals surface area (Å²) in [6.45, 7) is 3.61. The van der Waals surface area contributed by atoms with E-state index in [1.165, 1.54) is 17.5 Å². The van der Waals surface area contributed by atoms with Gasteiger partial charge in [-0.2, -0.15) is 13.2 Å². The van der Waals surface area contributed by atoms with Crippen LogP contribution in [0, 0.1) is 0 Å². The lowest BCUT2D eigenvalue weighted by atomic mass is 10.0. The number of hydrogen-bond donors (Lipinski definition) is 1. The number of nitrogens with one attached hydrogen (secondary N) is 1. The van der Waals surface area contributed by atoms with Crippen molar-refractivity contribution < 1.29 is 22.7 Å². The third-order valence-electron chi connectivity index (χ3n) is 7.46. The van der Waals surface area contributed by atoms with E-state index in [2.05, 4.69) is 34.5 Å². The smallest absolute Gasteiger partial charge is 0.416 e. The van der Waals surface area contributed by atoms with Crippen LogP contribution in [0.15, 0.2) is 91.0 Å². The second kappa shape index (κ2) is 12.6. The molecule has 1 aliphatic rings. The number of benzene rings is 4. The first-order valence-corrected chi connectivity index (χ1v) is 13.8. The molecule has 0 aliphatic carbocycles. The van der Waals surface area contributed by atoms with Gasteiger partial charge in [-0.05, 0) is 79.1 Å². The Hall–Kier alpha value is -3.84. The molecule has 1 saturated heterocycles. The molecular weight excluding hydrogens is 513 g/mol. The Morgan fingerprint density at radius 3 is 2.17 bits per heavy atom. The van der Waals surface area contributed by atoms with Gasteiger partial charge in [0.1, 0.15) is 11.9 Å². The summed E-state index contributed by atoms with van der Waals surface area (Å²) in [6, 6.07) is 26.4. The number of fused-ring (bicyclic) bond motifs is 1. The number of carbonyl (C=O) groups excluding carboxylic acids is 1. The third-order valence-corrected chi connectivity index (χ3v) is 7.46. The van der Waals surface area contributed by atoms with E-state index in [9.17, 15) is 18.0 Å². The summed E-state index contributed by atoms with van der Waals surface area (Å²) in [5.41, 5.74) is 1.28. The highest BCUT2D eigenvalue weighted by Crippen LogP contribution is 2.31. The van der Waals surface area contributed by atoms with Crippen molar-refractivity contribution in [1.82, 2.24) is 10.2 Å². The quantitative estimate of drug-likeness (QED) is 0.220. The van der Waals surface area contributed by atoms with E-state index in [1.54, 1.807) is 24.3 Å². The normalized spacial score (nSPS) is 14.8. The van der Waals surface area contributed by atoms with Crippen molar-refractivity contribution in [1.29, 1.82) is 0 Å². The average molecular weight is 547 g/mol. The maximum atomic E-state index is 12.8. The summed E-state index contributed by atoms with van der Waals surface area (Å²) in [5, 5.41) is 5.32. The second-order valence-corrected chi connectivity index (χ2v) is 10.3. The molecule has 0 spiro atoms. The van der Waals surface area contributed by atoms with E-state index in [-0.39, 0.29) is 12.0 Å². The standard InChI is InChI=1S/C33H33F3N2O2/c34-33(35,36)28-16-14-25(15-17-28)24-10-12-27(13-11-24)32(39)37-20-3-4-21-38-22-18-29(19-23-38)40-31-9-5-7-26-6-1-2-8-30(26)31/h1-2,5-17,29H,3-4,18-23H2,(H,37,39). The fourth-order valence-electron chi connectivity index (χ4n) is 5.16. The molecule has 4 nitrogen and oxygen atoms in total. The zero-order chi connectivity index (χ0) is 28.0. The van der Waals surface area contributed by atoms with Crippen LogP contribution in [0.1, 0.15) is 41.6 Å². The van der Waals surface area contributed by atoms with Gasteiger partial charge < -0.3 is 15.0 Å². The second-order valence-electron chi connectivity index (χ2n) is 10.3. The monoisotopic (exact) mass is 546 g/mol. The van der Waals surface area contributed by atoms with Gasteiger partial charge in [0.15, 0.2) is 0 Å². The fourth-order valence-corrected chi connectivity index (χ4v) is 5.16. The van der Waals surface area contributed by atoms with Crippen LogP contribution < -0.4 is 10.1 Å². The molecule has 4 aromatic rings. The molecule has 0 aromatic heterocycles. The number of carbonyl (C=O) groups is 1. The highest BCUT2D eigenvalue weighted by Gasteiger charge is 2.30. The van der Waals surface area contributed by atoms with Gasteiger partial charge in [-0.3, -0.25) is 4.79 Å². The zero-order valence-electron chi connectivity index (χ0n) is 22.3. The van der Waals surface area contributed by atoms with Crippen LogP contribution in [0.3, 0.4) is 0 Å². The number of halogens is 3. The van der Waals surface area contributed by atoms with Gasteiger partial charge >= 0.3 is 6.18 Å². The van der Waals surface area contributed by atoms with Crippen molar-refractivity contribution in [3.63, 3.8) is 0 Å². The molecule has 5 rings (SSSR count). The molecule has 0 radical (unpaired) electrons. The minimum Gasteiger partial charge on any atom is -0.490 e. The Labute approximate surface area is 232 Å². The summed E-state index contributed by atoms with van der Waals surface area (Å²) >= 11 is 0. The highest BCUT2D eigenvalue weighted by molar-refractivity contribution is 5.94. The first kappa shape index (κ1) is 27.7. The zero-order valence-corrected chi connectivity index (χ0v) is 22.3. The number of hydrogen-bond acceptors (Lipinski definition) is 3. The lowest BCUT2D eigenvalue weighted by Crippen LogP contribution is -2.38. The van der Waals surface area contributed by atoms with Gasteiger partial charge in [-0.15, -0.1) is 0 Å². The topological polar surface area (TPSA) is 41.6 Å². The molecule has 208 valence electrons. The molecule has 1 amide bonds. The van der Waals surface area contributed by atoms with Crippen molar-refractivity contribution >= 4 is 16.7 Å². The molecular formula is C33H33F3N2O2. The largest absolute Gasteiger partial charge is 0.490 e. The van der Waals surface area contributed by atoms with Gasteiger partial charge in [0.2, 0.25) is 0 Å². The third kappa shape index (κ3) is 7.02. The summed E-state index contributed by atoms with van der Waals surface area (Å²) in [6.07, 6.45) is -0.230. The lowest BCUT2D eigenvalue weighted by molar-refractivity contribution is -0.137. The maximum Gasteiger partial charge on any atom is 0.416 e. The number of rotatable bonds is 9. The molecule has 40 heavy (non-hydrogen) atoms. The number of nitrogens with zero attached hydrogens (tertiary/aromatic N) is 1. The fraction of sp³-hybridized carbons (Fsp3) is 0.303. The van der Waals surface area contributed by atoms with Gasteiger partial charge in [0.05, 0.1) is 5.56 Å². The van der Waals surface area contributed by atoms with Crippen LogP contribution in [-0.4, -0.2) is 43.1 Å². The molecule has 0 atom stereocenters. The lowest BCUT2D eigenvalue weighted by Gasteiger charge is -2.32. The Balaban J connectivity index is 0.996. The molecule has 0 unspecified atom stereocenters. The van der Waals surface area contributed by atoms with Crippen molar-refractivity contribution in [2.75, 3.05) is 26.2 Å². The minimum atomic E-state index is -4.36. The number of likely N-dealkylation sites (tertiary alicyclic amines) is 1. The predicted molar refractivity (Wildman–Crippen MR) is 152 cm³/mol. The van der Waals surface area contributed by atoms with Crippen LogP contribution in [-0.2, 0) is 6.18 Å². The first-order valence-electron chi connectivity index (χ1n) is 13.8. The van der Waals surface area contributed by atoms with Crippen molar-refractivity contribution in [3.05, 3.63) is 102 Å². The van der Waals surface area contributed by atoms with E-state index < -0.39 is 11.7 Å². The number of piperidine rings is 1. The number of amides is 1. The average Bonchev–Trinajstić information content (AvgIpc) is 2.98. The van der Waals surface area contributed by atoms with E-state index in [1.807, 2.05) is 18.2 Å². The van der Waals surface area contributed by atoms with Gasteiger partial charge in [0.25, 0.3) is 5.91 Å². The van der Waals surface area contributed by atoms with Gasteiger partial charge in [-0.25, -0.2) is 0 Å². The van der Waals surface area contributed by atoms with Crippen LogP contribution in [0.2, 0.25) is 0 Å². The summed E-state index contributed by atoms with van der Waals surface area (Å²) in [5.74, 6) is 0.812. The summed E-state index contributed by atoms with van der Waals surface area (Å²) in [4.78, 5) is 15.0. The summed E-state index contributed by atoms with van der Waals surface area (Å²) in [7, 11) is 0. The van der Waals surface area contributed by atoms with E-state index in [0.29, 0.717) is 17.7 Å². The predicted octanol–water partition coefficient (Wildman–Crippen LogP) is 7.58. The number of ether oxygens (including phenoxy) is 1. The minimum absolute atomic E-state index is 0.148. The van der Waals surface area contributed by atoms with Crippen molar-refractivity contribution in [3.8, 4) is 16.9 Å². The Kier molecular flexibility index (Phi) is 8.70. The Morgan fingerprint density at radius 1 is 0.825 bits per heavy atom. The SMILES string of the molecule is O=C(NCCCCN1CCC(Oc2cccc3ccccc23)CC1)c1ccc(-c2ccc(C(F)(F)F)cc2)cc1. The van der Waals surface area contributed by atoms with Gasteiger partial charge in [0, 0.05) is 30.6 Å². The van der Waals surface area contributed by atoms with E-state index in [4.69, 9.17) is 4.74 Å². The van der Waals surface area contributed by atoms with E-state index in [0.717, 1.165) is 74.1 Å². The molecule has 1 N–H and O–H groups in total. The Bertz CT molecular complexity index is 1410. The molecule has 4 aromatic carbocycles. The summed E-state index contributed by atoms with van der Waals surface area (Å²) < 4.78 is 44.7. The number of unbranched alkanes of at least 4 members (excludes halogenated alkanes) is 1. The molecule has 7 heteroatoms. The molecule has 1 fully saturated rings. The van der Waals surface area contributed by atoms with E-state index >= 15 is 0 Å². The first-order chi connectivity index (χ1) is 19.4. The van der Waals surface area contributed by atoms with Crippen molar-refractivity contribution in [2.24, 2.45) is 0 Å². The molecule has 1 aliphatic heterocycles. The van der Waals surface area contributed by atoms with Crippen LogP contribution in [0.5, 0.6) is 5.75 Å². The van der Waals surface area contributed by atoms with Crippen molar-refractivity contribution in [2.45, 2.75) is 38.0 Å². The van der Waals surface area contributed by atoms with Crippen LogP contribution in [0.25, 0.3) is 21.9 Å².